The monoisotopic (exact) mass is 489 g/mol. The molecule has 1 saturated heterocycles. The second-order valence-electron chi connectivity index (χ2n) is 9.64. The Labute approximate surface area is 214 Å². The lowest BCUT2D eigenvalue weighted by Crippen LogP contribution is -2.44. The molecule has 0 bridgehead atoms. The molecule has 1 aliphatic heterocycles. The van der Waals surface area contributed by atoms with Gasteiger partial charge >= 0.3 is 0 Å². The number of hydrogen-bond donors (Lipinski definition) is 1. The molecular weight excluding hydrogens is 462 g/mol. The lowest BCUT2D eigenvalue weighted by molar-refractivity contribution is 0.498. The summed E-state index contributed by atoms with van der Waals surface area (Å²) in [6.07, 6.45) is 5.21. The van der Waals surface area contributed by atoms with E-state index in [9.17, 15) is 10.1 Å². The highest BCUT2D eigenvalue weighted by Gasteiger charge is 2.28. The number of nitrogens with two attached hydrogens (primary N) is 1. The van der Waals surface area contributed by atoms with E-state index in [1.165, 1.54) is 0 Å². The van der Waals surface area contributed by atoms with Crippen LogP contribution in [-0.2, 0) is 13.1 Å². The predicted octanol–water partition coefficient (Wildman–Crippen LogP) is 3.64. The van der Waals surface area contributed by atoms with Crippen LogP contribution in [0.3, 0.4) is 0 Å². The molecule has 1 aliphatic rings. The van der Waals surface area contributed by atoms with Crippen LogP contribution >= 0.6 is 0 Å². The van der Waals surface area contributed by atoms with Crippen LogP contribution in [0, 0.1) is 11.3 Å². The van der Waals surface area contributed by atoms with Gasteiger partial charge in [0.25, 0.3) is 5.56 Å². The summed E-state index contributed by atoms with van der Waals surface area (Å²) in [6, 6.07) is 22.3. The number of piperidine rings is 1. The highest BCUT2D eigenvalue weighted by Crippen LogP contribution is 2.32. The average Bonchev–Trinajstić information content (AvgIpc) is 3.24. The summed E-state index contributed by atoms with van der Waals surface area (Å²) in [5.74, 6) is 0.732. The number of nitrogens with zero attached hydrogens (tertiary/aromatic N) is 6. The molecule has 2 N–H and O–H groups in total. The lowest BCUT2D eigenvalue weighted by Gasteiger charge is -2.33. The molecule has 0 aliphatic carbocycles. The molecule has 2 aromatic carbocycles. The Morgan fingerprint density at radius 2 is 1.89 bits per heavy atom. The third-order valence-corrected chi connectivity index (χ3v) is 7.07. The quantitative estimate of drug-likeness (QED) is 0.404. The number of benzene rings is 2. The SMILES string of the molecule is N#Cc1c(N2CCCC(N)C2)n(Cc2ccccc2)c2c(=O)n(Cc3ccc4ncccc4c3)cnc12. The van der Waals surface area contributed by atoms with Crippen molar-refractivity contribution in [1.29, 1.82) is 5.26 Å². The zero-order chi connectivity index (χ0) is 25.4. The fraction of sp³-hybridized carbons (Fsp3) is 0.241. The first-order valence-corrected chi connectivity index (χ1v) is 12.5. The zero-order valence-electron chi connectivity index (χ0n) is 20.4. The number of anilines is 1. The van der Waals surface area contributed by atoms with Gasteiger partial charge in [0.05, 0.1) is 18.4 Å². The van der Waals surface area contributed by atoms with Gasteiger partial charge in [-0.15, -0.1) is 0 Å². The summed E-state index contributed by atoms with van der Waals surface area (Å²) < 4.78 is 3.59. The van der Waals surface area contributed by atoms with Gasteiger partial charge in [-0.1, -0.05) is 42.5 Å². The summed E-state index contributed by atoms with van der Waals surface area (Å²) in [5, 5.41) is 11.2. The summed E-state index contributed by atoms with van der Waals surface area (Å²) >= 11 is 0. The first-order valence-electron chi connectivity index (χ1n) is 12.5. The molecule has 0 spiro atoms. The van der Waals surface area contributed by atoms with E-state index >= 15 is 0 Å². The average molecular weight is 490 g/mol. The van der Waals surface area contributed by atoms with E-state index in [0.29, 0.717) is 36.2 Å². The predicted molar refractivity (Wildman–Crippen MR) is 145 cm³/mol. The Morgan fingerprint density at radius 1 is 1.03 bits per heavy atom. The van der Waals surface area contributed by atoms with Gasteiger partial charge in [0.2, 0.25) is 0 Å². The second-order valence-corrected chi connectivity index (χ2v) is 9.64. The number of hydrogen-bond acceptors (Lipinski definition) is 6. The third-order valence-electron chi connectivity index (χ3n) is 7.07. The van der Waals surface area contributed by atoms with Crippen molar-refractivity contribution in [2.24, 2.45) is 5.73 Å². The van der Waals surface area contributed by atoms with Gasteiger partial charge in [0, 0.05) is 37.3 Å². The smallest absolute Gasteiger partial charge is 0.278 e. The van der Waals surface area contributed by atoms with Crippen LogP contribution in [-0.4, -0.2) is 38.2 Å². The van der Waals surface area contributed by atoms with E-state index in [1.807, 2.05) is 65.2 Å². The molecule has 184 valence electrons. The molecule has 8 nitrogen and oxygen atoms in total. The molecule has 4 heterocycles. The highest BCUT2D eigenvalue weighted by molar-refractivity contribution is 5.89. The summed E-state index contributed by atoms with van der Waals surface area (Å²) in [7, 11) is 0. The Bertz CT molecular complexity index is 1700. The summed E-state index contributed by atoms with van der Waals surface area (Å²) in [4.78, 5) is 25.2. The summed E-state index contributed by atoms with van der Waals surface area (Å²) in [6.45, 7) is 2.25. The van der Waals surface area contributed by atoms with Crippen molar-refractivity contribution in [3.8, 4) is 6.07 Å². The van der Waals surface area contributed by atoms with Gasteiger partial charge in [-0.25, -0.2) is 4.98 Å². The molecule has 37 heavy (non-hydrogen) atoms. The van der Waals surface area contributed by atoms with E-state index in [1.54, 1.807) is 17.1 Å². The van der Waals surface area contributed by atoms with Crippen molar-refractivity contribution in [1.82, 2.24) is 19.1 Å². The minimum Gasteiger partial charge on any atom is -0.355 e. The fourth-order valence-electron chi connectivity index (χ4n) is 5.34. The molecule has 6 rings (SSSR count). The van der Waals surface area contributed by atoms with Crippen molar-refractivity contribution in [2.75, 3.05) is 18.0 Å². The van der Waals surface area contributed by atoms with E-state index in [-0.39, 0.29) is 11.6 Å². The lowest BCUT2D eigenvalue weighted by atomic mass is 10.1. The van der Waals surface area contributed by atoms with E-state index < -0.39 is 0 Å². The highest BCUT2D eigenvalue weighted by atomic mass is 16.1. The van der Waals surface area contributed by atoms with E-state index in [4.69, 9.17) is 5.73 Å². The van der Waals surface area contributed by atoms with Crippen molar-refractivity contribution in [3.05, 3.63) is 100 Å². The molecule has 1 atom stereocenters. The molecule has 3 aromatic heterocycles. The fourth-order valence-corrected chi connectivity index (χ4v) is 5.34. The molecule has 0 saturated carbocycles. The number of pyridine rings is 1. The Balaban J connectivity index is 1.51. The van der Waals surface area contributed by atoms with Crippen LogP contribution in [0.5, 0.6) is 0 Å². The van der Waals surface area contributed by atoms with Gasteiger partial charge < -0.3 is 15.2 Å². The van der Waals surface area contributed by atoms with E-state index in [0.717, 1.165) is 47.2 Å². The molecule has 1 fully saturated rings. The van der Waals surface area contributed by atoms with Crippen LogP contribution in [0.1, 0.15) is 29.5 Å². The van der Waals surface area contributed by atoms with Gasteiger partial charge in [-0.3, -0.25) is 14.3 Å². The first-order chi connectivity index (χ1) is 18.1. The van der Waals surface area contributed by atoms with Crippen molar-refractivity contribution in [2.45, 2.75) is 32.0 Å². The van der Waals surface area contributed by atoms with Gasteiger partial charge in [-0.05, 0) is 42.2 Å². The van der Waals surface area contributed by atoms with Crippen molar-refractivity contribution < 1.29 is 0 Å². The van der Waals surface area contributed by atoms with Crippen LogP contribution in [0.2, 0.25) is 0 Å². The molecule has 0 radical (unpaired) electrons. The number of rotatable bonds is 5. The minimum atomic E-state index is -0.170. The van der Waals surface area contributed by atoms with Crippen LogP contribution in [0.15, 0.2) is 78.0 Å². The topological polar surface area (TPSA) is 106 Å². The second kappa shape index (κ2) is 9.52. The molecule has 0 amide bonds. The van der Waals surface area contributed by atoms with Crippen LogP contribution < -0.4 is 16.2 Å². The molecular formula is C29H27N7O. The first kappa shape index (κ1) is 23.0. The standard InChI is InChI=1S/C29H27N7O/c30-15-24-26-27(29(37)35(19-33-26)16-21-10-11-25-22(14-21)8-4-12-32-25)36(17-20-6-2-1-3-7-20)28(24)34-13-5-9-23(31)18-34/h1-4,6-8,10-12,14,19,23H,5,9,13,16-18,31H2. The largest absolute Gasteiger partial charge is 0.355 e. The Morgan fingerprint density at radius 3 is 2.70 bits per heavy atom. The van der Waals surface area contributed by atoms with Crippen molar-refractivity contribution in [3.63, 3.8) is 0 Å². The number of fused-ring (bicyclic) bond motifs is 2. The summed E-state index contributed by atoms with van der Waals surface area (Å²) in [5.41, 5.74) is 10.4. The van der Waals surface area contributed by atoms with Gasteiger partial charge in [0.1, 0.15) is 28.5 Å². The maximum atomic E-state index is 14.0. The van der Waals surface area contributed by atoms with Gasteiger partial charge in [0.15, 0.2) is 0 Å². The van der Waals surface area contributed by atoms with Crippen LogP contribution in [0.4, 0.5) is 5.82 Å². The third kappa shape index (κ3) is 4.24. The Hall–Kier alpha value is -4.48. The Kier molecular flexibility index (Phi) is 5.91. The molecule has 5 aromatic rings. The zero-order valence-corrected chi connectivity index (χ0v) is 20.4. The molecule has 8 heteroatoms. The molecule has 1 unspecified atom stereocenters. The number of aromatic nitrogens is 4. The van der Waals surface area contributed by atoms with Gasteiger partial charge in [-0.2, -0.15) is 5.26 Å². The van der Waals surface area contributed by atoms with Crippen LogP contribution in [0.25, 0.3) is 21.9 Å². The minimum absolute atomic E-state index is 0.0236. The maximum absolute atomic E-state index is 14.0. The van der Waals surface area contributed by atoms with Crippen molar-refractivity contribution >= 4 is 27.8 Å². The van der Waals surface area contributed by atoms with E-state index in [2.05, 4.69) is 20.9 Å². The maximum Gasteiger partial charge on any atom is 0.278 e. The normalized spacial score (nSPS) is 15.8. The number of nitriles is 1.